The van der Waals surface area contributed by atoms with Gasteiger partial charge in [0.25, 0.3) is 11.5 Å². The molecule has 128 valence electrons. The van der Waals surface area contributed by atoms with Crippen LogP contribution in [0.1, 0.15) is 22.9 Å². The standard InChI is InChI=1S/C18H18N4O2S/c1-3-14-8-15-17(25-14)19-11-22(18(15)24)10-16(23)21-20-9-13-6-4-12(2)5-7-13/h4-9,11H,3,10H2,1-2H3,(H,21,23)/b20-9+. The summed E-state index contributed by atoms with van der Waals surface area (Å²) in [6.45, 7) is 3.91. The van der Waals surface area contributed by atoms with Gasteiger partial charge in [0.05, 0.1) is 17.9 Å². The van der Waals surface area contributed by atoms with Crippen LogP contribution in [-0.4, -0.2) is 21.7 Å². The smallest absolute Gasteiger partial charge is 0.262 e. The number of thiophene rings is 1. The van der Waals surface area contributed by atoms with Gasteiger partial charge < -0.3 is 0 Å². The summed E-state index contributed by atoms with van der Waals surface area (Å²) in [5.41, 5.74) is 4.26. The van der Waals surface area contributed by atoms with E-state index in [1.807, 2.05) is 44.2 Å². The number of aromatic nitrogens is 2. The van der Waals surface area contributed by atoms with Gasteiger partial charge in [0, 0.05) is 4.88 Å². The van der Waals surface area contributed by atoms with E-state index in [-0.39, 0.29) is 18.0 Å². The molecule has 3 rings (SSSR count). The highest BCUT2D eigenvalue weighted by atomic mass is 32.1. The third-order valence-electron chi connectivity index (χ3n) is 3.71. The molecule has 0 aliphatic rings. The van der Waals surface area contributed by atoms with Crippen molar-refractivity contribution in [2.45, 2.75) is 26.8 Å². The summed E-state index contributed by atoms with van der Waals surface area (Å²) in [5.74, 6) is -0.377. The first-order valence-electron chi connectivity index (χ1n) is 7.93. The molecular formula is C18H18N4O2S. The van der Waals surface area contributed by atoms with Crippen LogP contribution in [0.4, 0.5) is 0 Å². The van der Waals surface area contributed by atoms with E-state index in [1.165, 1.54) is 22.2 Å². The van der Waals surface area contributed by atoms with Crippen molar-refractivity contribution >= 4 is 33.7 Å². The molecule has 25 heavy (non-hydrogen) atoms. The van der Waals surface area contributed by atoms with E-state index in [4.69, 9.17) is 0 Å². The second-order valence-electron chi connectivity index (χ2n) is 5.67. The number of benzene rings is 1. The maximum atomic E-state index is 12.4. The molecule has 0 spiro atoms. The highest BCUT2D eigenvalue weighted by Gasteiger charge is 2.10. The Balaban J connectivity index is 1.68. The fourth-order valence-corrected chi connectivity index (χ4v) is 3.24. The Morgan fingerprint density at radius 3 is 2.84 bits per heavy atom. The first kappa shape index (κ1) is 17.0. The first-order chi connectivity index (χ1) is 12.1. The number of amides is 1. The maximum Gasteiger partial charge on any atom is 0.262 e. The zero-order valence-corrected chi connectivity index (χ0v) is 14.8. The molecule has 0 radical (unpaired) electrons. The zero-order valence-electron chi connectivity index (χ0n) is 14.0. The number of rotatable bonds is 5. The molecule has 0 saturated carbocycles. The first-order valence-corrected chi connectivity index (χ1v) is 8.75. The molecule has 0 aliphatic carbocycles. The second-order valence-corrected chi connectivity index (χ2v) is 6.78. The summed E-state index contributed by atoms with van der Waals surface area (Å²) < 4.78 is 1.30. The van der Waals surface area contributed by atoms with E-state index in [0.717, 1.165) is 22.4 Å². The van der Waals surface area contributed by atoms with Crippen molar-refractivity contribution in [3.05, 3.63) is 63.0 Å². The van der Waals surface area contributed by atoms with Crippen molar-refractivity contribution in [3.63, 3.8) is 0 Å². The van der Waals surface area contributed by atoms with Crippen molar-refractivity contribution in [3.8, 4) is 0 Å². The Hall–Kier alpha value is -2.80. The number of hydrazone groups is 1. The topological polar surface area (TPSA) is 76.3 Å². The lowest BCUT2D eigenvalue weighted by atomic mass is 10.2. The van der Waals surface area contributed by atoms with E-state index >= 15 is 0 Å². The number of fused-ring (bicyclic) bond motifs is 1. The number of hydrogen-bond donors (Lipinski definition) is 1. The summed E-state index contributed by atoms with van der Waals surface area (Å²) in [7, 11) is 0. The molecule has 0 unspecified atom stereocenters. The van der Waals surface area contributed by atoms with Crippen molar-refractivity contribution < 1.29 is 4.79 Å². The minimum absolute atomic E-state index is 0.121. The van der Waals surface area contributed by atoms with Crippen LogP contribution >= 0.6 is 11.3 Å². The van der Waals surface area contributed by atoms with Crippen LogP contribution in [0.5, 0.6) is 0 Å². The van der Waals surface area contributed by atoms with Crippen molar-refractivity contribution in [2.75, 3.05) is 0 Å². The van der Waals surface area contributed by atoms with Crippen LogP contribution in [0, 0.1) is 6.92 Å². The molecule has 2 aromatic heterocycles. The Morgan fingerprint density at radius 1 is 1.36 bits per heavy atom. The predicted octanol–water partition coefficient (Wildman–Crippen LogP) is 2.48. The molecule has 3 aromatic rings. The Kier molecular flexibility index (Phi) is 5.04. The molecule has 2 heterocycles. The van der Waals surface area contributed by atoms with Crippen LogP contribution in [0.3, 0.4) is 0 Å². The largest absolute Gasteiger partial charge is 0.289 e. The summed E-state index contributed by atoms with van der Waals surface area (Å²) in [4.78, 5) is 30.5. The highest BCUT2D eigenvalue weighted by molar-refractivity contribution is 7.18. The highest BCUT2D eigenvalue weighted by Crippen LogP contribution is 2.20. The maximum absolute atomic E-state index is 12.4. The summed E-state index contributed by atoms with van der Waals surface area (Å²) in [6, 6.07) is 9.60. The van der Waals surface area contributed by atoms with Crippen LogP contribution in [0.15, 0.2) is 46.6 Å². The zero-order chi connectivity index (χ0) is 17.8. The number of carbonyl (C=O) groups excluding carboxylic acids is 1. The van der Waals surface area contributed by atoms with E-state index < -0.39 is 0 Å². The van der Waals surface area contributed by atoms with Crippen LogP contribution in [0.25, 0.3) is 10.2 Å². The molecule has 1 amide bonds. The van der Waals surface area contributed by atoms with Gasteiger partial charge >= 0.3 is 0 Å². The van der Waals surface area contributed by atoms with Gasteiger partial charge in [-0.2, -0.15) is 5.10 Å². The monoisotopic (exact) mass is 354 g/mol. The number of nitrogens with one attached hydrogen (secondary N) is 1. The summed E-state index contributed by atoms with van der Waals surface area (Å²) in [5, 5.41) is 4.47. The van der Waals surface area contributed by atoms with Crippen molar-refractivity contribution in [2.24, 2.45) is 5.10 Å². The molecule has 0 saturated heterocycles. The van der Waals surface area contributed by atoms with Gasteiger partial charge in [-0.3, -0.25) is 14.2 Å². The molecule has 1 N–H and O–H groups in total. The SMILES string of the molecule is CCc1cc2c(=O)n(CC(=O)N/N=C/c3ccc(C)cc3)cnc2s1. The number of nitrogens with zero attached hydrogens (tertiary/aromatic N) is 3. The average Bonchev–Trinajstić information content (AvgIpc) is 3.03. The second kappa shape index (κ2) is 7.40. The third-order valence-corrected chi connectivity index (χ3v) is 4.90. The lowest BCUT2D eigenvalue weighted by Gasteiger charge is -2.03. The predicted molar refractivity (Wildman–Crippen MR) is 100 cm³/mol. The normalized spacial score (nSPS) is 11.3. The Labute approximate surface area is 148 Å². The van der Waals surface area contributed by atoms with E-state index in [1.54, 1.807) is 6.21 Å². The number of carbonyl (C=O) groups is 1. The van der Waals surface area contributed by atoms with Gasteiger partial charge in [-0.1, -0.05) is 36.8 Å². The van der Waals surface area contributed by atoms with Gasteiger partial charge in [0.1, 0.15) is 11.4 Å². The van der Waals surface area contributed by atoms with Crippen molar-refractivity contribution in [1.82, 2.24) is 15.0 Å². The van der Waals surface area contributed by atoms with Gasteiger partial charge in [-0.25, -0.2) is 10.4 Å². The lowest BCUT2D eigenvalue weighted by Crippen LogP contribution is -2.29. The van der Waals surface area contributed by atoms with Gasteiger partial charge in [0.2, 0.25) is 0 Å². The van der Waals surface area contributed by atoms with Crippen LogP contribution in [-0.2, 0) is 17.8 Å². The Morgan fingerprint density at radius 2 is 2.12 bits per heavy atom. The number of aryl methyl sites for hydroxylation is 2. The van der Waals surface area contributed by atoms with E-state index in [0.29, 0.717) is 10.2 Å². The van der Waals surface area contributed by atoms with E-state index in [2.05, 4.69) is 15.5 Å². The molecular weight excluding hydrogens is 336 g/mol. The molecule has 0 fully saturated rings. The minimum atomic E-state index is -0.377. The fraction of sp³-hybridized carbons (Fsp3) is 0.222. The van der Waals surface area contributed by atoms with Crippen molar-refractivity contribution in [1.29, 1.82) is 0 Å². The molecule has 0 bridgehead atoms. The Bertz CT molecular complexity index is 986. The summed E-state index contributed by atoms with van der Waals surface area (Å²) >= 11 is 1.50. The molecule has 7 heteroatoms. The van der Waals surface area contributed by atoms with Gasteiger partial charge in [0.15, 0.2) is 0 Å². The fourth-order valence-electron chi connectivity index (χ4n) is 2.32. The van der Waals surface area contributed by atoms with Gasteiger partial charge in [-0.15, -0.1) is 11.3 Å². The molecule has 0 aliphatic heterocycles. The lowest BCUT2D eigenvalue weighted by molar-refractivity contribution is -0.121. The van der Waals surface area contributed by atoms with Gasteiger partial charge in [-0.05, 0) is 25.0 Å². The minimum Gasteiger partial charge on any atom is -0.289 e. The molecule has 6 nitrogen and oxygen atoms in total. The average molecular weight is 354 g/mol. The molecule has 1 aromatic carbocycles. The van der Waals surface area contributed by atoms with Crippen LogP contribution < -0.4 is 11.0 Å². The molecule has 0 atom stereocenters. The van der Waals surface area contributed by atoms with Crippen LogP contribution in [0.2, 0.25) is 0 Å². The third kappa shape index (κ3) is 4.00. The number of hydrogen-bond acceptors (Lipinski definition) is 5. The quantitative estimate of drug-likeness (QED) is 0.565. The summed E-state index contributed by atoms with van der Waals surface area (Å²) in [6.07, 6.45) is 3.83. The van der Waals surface area contributed by atoms with E-state index in [9.17, 15) is 9.59 Å².